The molecule has 0 heterocycles. The van der Waals surface area contributed by atoms with Crippen LogP contribution in [0.1, 0.15) is 15.9 Å². The van der Waals surface area contributed by atoms with Gasteiger partial charge < -0.3 is 10.1 Å². The molecule has 2 rings (SSSR count). The number of halogens is 1. The van der Waals surface area contributed by atoms with Gasteiger partial charge in [-0.1, -0.05) is 29.8 Å². The molecule has 0 aliphatic carbocycles. The van der Waals surface area contributed by atoms with Crippen molar-refractivity contribution in [3.05, 3.63) is 70.8 Å². The molecule has 0 aromatic heterocycles. The highest BCUT2D eigenvalue weighted by atomic mass is 35.5. The largest absolute Gasteiger partial charge is 0.423 e. The van der Waals surface area contributed by atoms with Gasteiger partial charge in [0.1, 0.15) is 5.75 Å². The highest BCUT2D eigenvalue weighted by molar-refractivity contribution is 6.30. The van der Waals surface area contributed by atoms with E-state index in [4.69, 9.17) is 16.3 Å². The number of esters is 1. The number of carbonyl (C=O) groups excluding carboxylic acids is 2. The number of hydrogen-bond acceptors (Lipinski definition) is 3. The summed E-state index contributed by atoms with van der Waals surface area (Å²) in [6.07, 6.45) is 2.93. The van der Waals surface area contributed by atoms with E-state index >= 15 is 0 Å². The quantitative estimate of drug-likeness (QED) is 0.535. The molecule has 5 heteroatoms. The molecule has 0 spiro atoms. The lowest BCUT2D eigenvalue weighted by molar-refractivity contribution is -0.128. The van der Waals surface area contributed by atoms with Crippen molar-refractivity contribution in [2.75, 3.05) is 7.05 Å². The van der Waals surface area contributed by atoms with Gasteiger partial charge in [0.2, 0.25) is 0 Å². The van der Waals surface area contributed by atoms with Crippen LogP contribution in [0.15, 0.2) is 54.6 Å². The summed E-state index contributed by atoms with van der Waals surface area (Å²) in [7, 11) is 1.57. The van der Waals surface area contributed by atoms with Gasteiger partial charge in [0.25, 0.3) is 5.91 Å². The normalized spacial score (nSPS) is 10.5. The third kappa shape index (κ3) is 4.46. The van der Waals surface area contributed by atoms with E-state index in [1.54, 1.807) is 61.7 Å². The van der Waals surface area contributed by atoms with Crippen LogP contribution in [0.5, 0.6) is 5.75 Å². The van der Waals surface area contributed by atoms with Crippen LogP contribution < -0.4 is 10.1 Å². The maximum Gasteiger partial charge on any atom is 0.336 e. The minimum absolute atomic E-state index is 0.157. The Hall–Kier alpha value is -2.59. The Morgan fingerprint density at radius 2 is 1.86 bits per heavy atom. The van der Waals surface area contributed by atoms with E-state index in [-0.39, 0.29) is 5.91 Å². The molecule has 0 bridgehead atoms. The minimum atomic E-state index is -0.502. The zero-order valence-electron chi connectivity index (χ0n) is 11.9. The number of nitrogens with one attached hydrogen (secondary N) is 1. The molecule has 4 nitrogen and oxygen atoms in total. The predicted octanol–water partition coefficient (Wildman–Crippen LogP) is 3.32. The molecule has 2 aromatic carbocycles. The monoisotopic (exact) mass is 315 g/mol. The summed E-state index contributed by atoms with van der Waals surface area (Å²) < 4.78 is 5.12. The van der Waals surface area contributed by atoms with E-state index in [9.17, 15) is 9.59 Å². The van der Waals surface area contributed by atoms with Gasteiger partial charge in [0.05, 0.1) is 0 Å². The maximum absolute atomic E-state index is 11.7. The summed E-state index contributed by atoms with van der Waals surface area (Å²) in [5.41, 5.74) is 1.34. The van der Waals surface area contributed by atoms with Crippen molar-refractivity contribution in [1.29, 1.82) is 0 Å². The number of ether oxygens (including phenoxy) is 1. The SMILES string of the molecule is CNC(=O)c1ccc(/C=C/C(=O)Oc2cccc(Cl)c2)cc1. The van der Waals surface area contributed by atoms with Crippen molar-refractivity contribution in [3.8, 4) is 5.75 Å². The molecule has 0 unspecified atom stereocenters. The Bertz CT molecular complexity index is 708. The second kappa shape index (κ2) is 7.43. The Morgan fingerprint density at radius 3 is 2.50 bits per heavy atom. The van der Waals surface area contributed by atoms with Crippen LogP contribution in [0.25, 0.3) is 6.08 Å². The van der Waals surface area contributed by atoms with Gasteiger partial charge in [-0.05, 0) is 42.0 Å². The van der Waals surface area contributed by atoms with Crippen LogP contribution in [0.4, 0.5) is 0 Å². The Labute approximate surface area is 133 Å². The molecule has 1 amide bonds. The first-order valence-electron chi connectivity index (χ1n) is 6.56. The lowest BCUT2D eigenvalue weighted by atomic mass is 10.1. The fraction of sp³-hybridized carbons (Fsp3) is 0.0588. The molecule has 1 N–H and O–H groups in total. The van der Waals surface area contributed by atoms with Crippen LogP contribution in [0.3, 0.4) is 0 Å². The topological polar surface area (TPSA) is 55.4 Å². The van der Waals surface area contributed by atoms with E-state index in [1.807, 2.05) is 0 Å². The number of carbonyl (C=O) groups is 2. The van der Waals surface area contributed by atoms with Crippen molar-refractivity contribution < 1.29 is 14.3 Å². The van der Waals surface area contributed by atoms with Crippen molar-refractivity contribution in [2.24, 2.45) is 0 Å². The Kier molecular flexibility index (Phi) is 5.33. The number of amides is 1. The van der Waals surface area contributed by atoms with Gasteiger partial charge in [-0.2, -0.15) is 0 Å². The number of rotatable bonds is 4. The fourth-order valence-electron chi connectivity index (χ4n) is 1.73. The first kappa shape index (κ1) is 15.8. The second-order valence-corrected chi connectivity index (χ2v) is 4.85. The molecular formula is C17H14ClNO3. The van der Waals surface area contributed by atoms with Gasteiger partial charge in [-0.25, -0.2) is 4.79 Å². The van der Waals surface area contributed by atoms with Gasteiger partial charge in [-0.15, -0.1) is 0 Å². The molecule has 22 heavy (non-hydrogen) atoms. The standard InChI is InChI=1S/C17H14ClNO3/c1-19-17(21)13-8-5-12(6-9-13)7-10-16(20)22-15-4-2-3-14(18)11-15/h2-11H,1H3,(H,19,21)/b10-7+. The molecule has 0 saturated carbocycles. The van der Waals surface area contributed by atoms with Crippen molar-refractivity contribution in [2.45, 2.75) is 0 Å². The van der Waals surface area contributed by atoms with E-state index in [0.717, 1.165) is 5.56 Å². The van der Waals surface area contributed by atoms with Crippen molar-refractivity contribution in [3.63, 3.8) is 0 Å². The maximum atomic E-state index is 11.7. The van der Waals surface area contributed by atoms with Crippen LogP contribution in [-0.4, -0.2) is 18.9 Å². The summed E-state index contributed by atoms with van der Waals surface area (Å²) >= 11 is 5.81. The lowest BCUT2D eigenvalue weighted by Gasteiger charge is -2.01. The van der Waals surface area contributed by atoms with Gasteiger partial charge >= 0.3 is 5.97 Å². The predicted molar refractivity (Wildman–Crippen MR) is 86.0 cm³/mol. The van der Waals surface area contributed by atoms with E-state index in [2.05, 4.69) is 5.32 Å². The first-order chi connectivity index (χ1) is 10.6. The molecule has 0 radical (unpaired) electrons. The van der Waals surface area contributed by atoms with E-state index in [0.29, 0.717) is 16.3 Å². The summed E-state index contributed by atoms with van der Waals surface area (Å²) in [6, 6.07) is 13.5. The molecular weight excluding hydrogens is 302 g/mol. The lowest BCUT2D eigenvalue weighted by Crippen LogP contribution is -2.17. The zero-order valence-corrected chi connectivity index (χ0v) is 12.6. The van der Waals surface area contributed by atoms with Crippen molar-refractivity contribution >= 4 is 29.6 Å². The number of hydrogen-bond donors (Lipinski definition) is 1. The summed E-state index contributed by atoms with van der Waals surface area (Å²) in [5, 5.41) is 3.04. The van der Waals surface area contributed by atoms with Crippen LogP contribution in [-0.2, 0) is 4.79 Å². The van der Waals surface area contributed by atoms with Gasteiger partial charge in [-0.3, -0.25) is 4.79 Å². The van der Waals surface area contributed by atoms with Crippen LogP contribution >= 0.6 is 11.6 Å². The van der Waals surface area contributed by atoms with Gasteiger partial charge in [0, 0.05) is 23.7 Å². The molecule has 2 aromatic rings. The zero-order chi connectivity index (χ0) is 15.9. The van der Waals surface area contributed by atoms with Crippen LogP contribution in [0.2, 0.25) is 5.02 Å². The van der Waals surface area contributed by atoms with Gasteiger partial charge in [0.15, 0.2) is 0 Å². The van der Waals surface area contributed by atoms with Crippen molar-refractivity contribution in [1.82, 2.24) is 5.32 Å². The Balaban J connectivity index is 1.99. The average molecular weight is 316 g/mol. The summed E-state index contributed by atoms with van der Waals surface area (Å²) in [4.78, 5) is 23.1. The van der Waals surface area contributed by atoms with E-state index < -0.39 is 5.97 Å². The molecule has 112 valence electrons. The molecule has 0 saturated heterocycles. The molecule has 0 atom stereocenters. The summed E-state index contributed by atoms with van der Waals surface area (Å²) in [5.74, 6) is -0.273. The van der Waals surface area contributed by atoms with E-state index in [1.165, 1.54) is 6.08 Å². The first-order valence-corrected chi connectivity index (χ1v) is 6.94. The van der Waals surface area contributed by atoms with Crippen LogP contribution in [0, 0.1) is 0 Å². The molecule has 0 aliphatic heterocycles. The fourth-order valence-corrected chi connectivity index (χ4v) is 1.92. The number of benzene rings is 2. The third-order valence-corrected chi connectivity index (χ3v) is 3.06. The second-order valence-electron chi connectivity index (χ2n) is 4.41. The average Bonchev–Trinajstić information content (AvgIpc) is 2.52. The third-order valence-electron chi connectivity index (χ3n) is 2.83. The molecule has 0 fully saturated rings. The smallest absolute Gasteiger partial charge is 0.336 e. The Morgan fingerprint density at radius 1 is 1.14 bits per heavy atom. The highest BCUT2D eigenvalue weighted by Crippen LogP contribution is 2.17. The minimum Gasteiger partial charge on any atom is -0.423 e. The summed E-state index contributed by atoms with van der Waals surface area (Å²) in [6.45, 7) is 0. The molecule has 0 aliphatic rings. The highest BCUT2D eigenvalue weighted by Gasteiger charge is 2.03.